The average molecular weight is 408 g/mol. The van der Waals surface area contributed by atoms with Crippen molar-refractivity contribution < 1.29 is 26.3 Å². The molecule has 0 atom stereocenters. The van der Waals surface area contributed by atoms with Gasteiger partial charge in [-0.3, -0.25) is 4.79 Å². The van der Waals surface area contributed by atoms with Gasteiger partial charge in [0.05, 0.1) is 11.1 Å². The van der Waals surface area contributed by atoms with Gasteiger partial charge in [0.15, 0.2) is 0 Å². The molecule has 0 aliphatic carbocycles. The molecule has 0 amide bonds. The van der Waals surface area contributed by atoms with Gasteiger partial charge >= 0.3 is 12.4 Å². The molecular weight excluding hydrogens is 400 g/mol. The molecule has 0 unspecified atom stereocenters. The Kier molecular flexibility index (Phi) is 5.22. The van der Waals surface area contributed by atoms with E-state index in [-0.39, 0.29) is 28.2 Å². The fraction of sp³-hybridized carbons (Fsp3) is 0.308. The Bertz CT molecular complexity index is 763. The molecule has 2 aromatic rings. The second-order valence-corrected chi connectivity index (χ2v) is 7.31. The lowest BCUT2D eigenvalue weighted by Crippen LogP contribution is -2.18. The highest BCUT2D eigenvalue weighted by Crippen LogP contribution is 2.37. The Balaban J connectivity index is 2.42. The van der Waals surface area contributed by atoms with Crippen molar-refractivity contribution in [2.24, 2.45) is 0 Å². The lowest BCUT2D eigenvalue weighted by molar-refractivity contribution is -0.143. The van der Waals surface area contributed by atoms with Crippen LogP contribution >= 0.6 is 32.3 Å². The second-order valence-electron chi connectivity index (χ2n) is 4.84. The predicted molar refractivity (Wildman–Crippen MR) is 82.0 cm³/mol. The first-order chi connectivity index (χ1) is 10.9. The number of hydrogen-bond donors (Lipinski definition) is 0. The van der Waals surface area contributed by atoms with Crippen LogP contribution in [0.2, 0.25) is 5.02 Å². The van der Waals surface area contributed by atoms with E-state index in [1.165, 1.54) is 11.9 Å². The van der Waals surface area contributed by atoms with Crippen LogP contribution in [0.15, 0.2) is 23.0 Å². The van der Waals surface area contributed by atoms with Gasteiger partial charge in [-0.05, 0) is 34.1 Å². The standard InChI is InChI=1S/C13H8ClF6NOS2/c1-21(10-9(14)11(22)24-23-10)5-6-2-7(12(15,16)17)4-8(3-6)13(18,19)20/h2-4H,5H2,1H3. The lowest BCUT2D eigenvalue weighted by Gasteiger charge is -2.20. The van der Waals surface area contributed by atoms with Gasteiger partial charge in [-0.1, -0.05) is 21.9 Å². The fourth-order valence-electron chi connectivity index (χ4n) is 1.93. The molecule has 132 valence electrons. The minimum absolute atomic E-state index is 0.0689. The SMILES string of the molecule is CN(Cc1cc(C(F)(F)F)cc(C(F)(F)F)c1)c1ssc(=O)c1Cl. The van der Waals surface area contributed by atoms with E-state index in [2.05, 4.69) is 0 Å². The maximum Gasteiger partial charge on any atom is 0.416 e. The Hall–Kier alpha value is -1.26. The van der Waals surface area contributed by atoms with E-state index >= 15 is 0 Å². The molecule has 1 aromatic heterocycles. The maximum atomic E-state index is 12.8. The first-order valence-corrected chi connectivity index (χ1v) is 8.70. The molecule has 0 radical (unpaired) electrons. The molecule has 2 nitrogen and oxygen atoms in total. The van der Waals surface area contributed by atoms with Crippen molar-refractivity contribution in [1.29, 1.82) is 0 Å². The van der Waals surface area contributed by atoms with E-state index in [4.69, 9.17) is 11.6 Å². The predicted octanol–water partition coefficient (Wildman–Crippen LogP) is 5.50. The molecule has 0 aliphatic rings. The molecular formula is C13H8ClF6NOS2. The summed E-state index contributed by atoms with van der Waals surface area (Å²) in [5.74, 6) is 0. The van der Waals surface area contributed by atoms with E-state index in [1.807, 2.05) is 0 Å². The number of rotatable bonds is 3. The Morgan fingerprint density at radius 1 is 1.00 bits per heavy atom. The Morgan fingerprint density at radius 2 is 1.50 bits per heavy atom. The van der Waals surface area contributed by atoms with E-state index < -0.39 is 28.2 Å². The number of nitrogens with zero attached hydrogens (tertiary/aromatic N) is 1. The molecule has 0 aliphatic heterocycles. The van der Waals surface area contributed by atoms with Gasteiger partial charge in [-0.15, -0.1) is 0 Å². The normalized spacial score (nSPS) is 12.5. The van der Waals surface area contributed by atoms with Crippen molar-refractivity contribution in [3.63, 3.8) is 0 Å². The summed E-state index contributed by atoms with van der Waals surface area (Å²) in [6.45, 7) is -0.264. The first-order valence-electron chi connectivity index (χ1n) is 6.17. The minimum atomic E-state index is -4.90. The zero-order chi connectivity index (χ0) is 18.3. The van der Waals surface area contributed by atoms with Crippen LogP contribution in [-0.2, 0) is 18.9 Å². The number of alkyl halides is 6. The summed E-state index contributed by atoms with van der Waals surface area (Å²) in [4.78, 5) is 12.7. The summed E-state index contributed by atoms with van der Waals surface area (Å²) >= 11 is 5.78. The number of benzene rings is 1. The van der Waals surface area contributed by atoms with Gasteiger partial charge in [0.1, 0.15) is 10.0 Å². The lowest BCUT2D eigenvalue weighted by atomic mass is 10.0. The third-order valence-electron chi connectivity index (χ3n) is 2.98. The summed E-state index contributed by atoms with van der Waals surface area (Å²) in [5.41, 5.74) is -2.96. The quantitative estimate of drug-likeness (QED) is 0.495. The summed E-state index contributed by atoms with van der Waals surface area (Å²) < 4.78 is 76.5. The monoisotopic (exact) mass is 407 g/mol. The van der Waals surface area contributed by atoms with Crippen LogP contribution in [0.1, 0.15) is 16.7 Å². The van der Waals surface area contributed by atoms with Gasteiger partial charge in [0.2, 0.25) is 0 Å². The van der Waals surface area contributed by atoms with Crippen LogP contribution in [0, 0.1) is 0 Å². The smallest absolute Gasteiger partial charge is 0.360 e. The summed E-state index contributed by atoms with van der Waals surface area (Å²) in [6.07, 6.45) is -9.81. The summed E-state index contributed by atoms with van der Waals surface area (Å²) in [5, 5.41) is 0.188. The highest BCUT2D eigenvalue weighted by molar-refractivity contribution is 7.70. The zero-order valence-corrected chi connectivity index (χ0v) is 14.1. The van der Waals surface area contributed by atoms with Crippen LogP contribution < -0.4 is 9.64 Å². The topological polar surface area (TPSA) is 20.3 Å². The van der Waals surface area contributed by atoms with Gasteiger partial charge in [-0.25, -0.2) is 0 Å². The van der Waals surface area contributed by atoms with E-state index in [1.54, 1.807) is 0 Å². The zero-order valence-electron chi connectivity index (χ0n) is 11.8. The van der Waals surface area contributed by atoms with E-state index in [0.29, 0.717) is 12.1 Å². The molecule has 0 saturated heterocycles. The van der Waals surface area contributed by atoms with Crippen molar-refractivity contribution in [1.82, 2.24) is 0 Å². The van der Waals surface area contributed by atoms with Crippen molar-refractivity contribution in [3.8, 4) is 0 Å². The first kappa shape index (κ1) is 19.1. The van der Waals surface area contributed by atoms with Gasteiger partial charge in [0.25, 0.3) is 4.74 Å². The minimum Gasteiger partial charge on any atom is -0.360 e. The summed E-state index contributed by atoms with van der Waals surface area (Å²) in [6, 6.07) is 1.36. The molecule has 2 rings (SSSR count). The molecule has 1 aromatic carbocycles. The third-order valence-corrected chi connectivity index (χ3v) is 5.84. The van der Waals surface area contributed by atoms with Crippen molar-refractivity contribution in [2.45, 2.75) is 18.9 Å². The summed E-state index contributed by atoms with van der Waals surface area (Å²) in [7, 11) is 3.27. The molecule has 0 fully saturated rings. The Labute approximate surface area is 144 Å². The van der Waals surface area contributed by atoms with Crippen LogP contribution in [0.3, 0.4) is 0 Å². The van der Waals surface area contributed by atoms with Crippen molar-refractivity contribution >= 4 is 37.3 Å². The largest absolute Gasteiger partial charge is 0.416 e. The fourth-order valence-corrected chi connectivity index (χ4v) is 4.67. The molecule has 0 bridgehead atoms. The number of halogens is 7. The number of anilines is 1. The van der Waals surface area contributed by atoms with Crippen molar-refractivity contribution in [2.75, 3.05) is 11.9 Å². The molecule has 0 spiro atoms. The van der Waals surface area contributed by atoms with E-state index in [0.717, 1.165) is 20.7 Å². The van der Waals surface area contributed by atoms with Crippen LogP contribution in [-0.4, -0.2) is 7.05 Å². The van der Waals surface area contributed by atoms with E-state index in [9.17, 15) is 31.1 Å². The molecule has 24 heavy (non-hydrogen) atoms. The highest BCUT2D eigenvalue weighted by atomic mass is 35.5. The van der Waals surface area contributed by atoms with Crippen LogP contribution in [0.4, 0.5) is 31.3 Å². The van der Waals surface area contributed by atoms with Gasteiger partial charge < -0.3 is 4.90 Å². The average Bonchev–Trinajstić information content (AvgIpc) is 2.77. The van der Waals surface area contributed by atoms with Crippen molar-refractivity contribution in [3.05, 3.63) is 49.4 Å². The maximum absolute atomic E-state index is 12.8. The molecule has 0 saturated carbocycles. The molecule has 0 N–H and O–H groups in total. The highest BCUT2D eigenvalue weighted by Gasteiger charge is 2.37. The third kappa shape index (κ3) is 4.22. The second kappa shape index (κ2) is 6.57. The Morgan fingerprint density at radius 3 is 1.88 bits per heavy atom. The van der Waals surface area contributed by atoms with Crippen LogP contribution in [0.25, 0.3) is 0 Å². The number of hydrogen-bond acceptors (Lipinski definition) is 4. The molecule has 11 heteroatoms. The van der Waals surface area contributed by atoms with Crippen LogP contribution in [0.5, 0.6) is 0 Å². The molecule has 1 heterocycles. The van der Waals surface area contributed by atoms with Gasteiger partial charge in [-0.2, -0.15) is 26.3 Å². The van der Waals surface area contributed by atoms with Gasteiger partial charge in [0, 0.05) is 13.6 Å².